The van der Waals surface area contributed by atoms with Crippen LogP contribution in [0.5, 0.6) is 0 Å². The lowest BCUT2D eigenvalue weighted by molar-refractivity contribution is -0.0112. The van der Waals surface area contributed by atoms with Gasteiger partial charge in [0.05, 0.1) is 13.2 Å². The molecule has 112 valence electrons. The van der Waals surface area contributed by atoms with Crippen LogP contribution in [0.25, 0.3) is 0 Å². The summed E-state index contributed by atoms with van der Waals surface area (Å²) in [6.45, 7) is 6.71. The molecule has 1 atom stereocenters. The number of hydrogen-bond donors (Lipinski definition) is 1. The second-order valence-corrected chi connectivity index (χ2v) is 5.51. The predicted molar refractivity (Wildman–Crippen MR) is 79.6 cm³/mol. The molecular formula is C15H22ClFN2O. The van der Waals surface area contributed by atoms with E-state index in [1.807, 2.05) is 0 Å². The van der Waals surface area contributed by atoms with E-state index in [1.165, 1.54) is 6.07 Å². The van der Waals surface area contributed by atoms with Crippen LogP contribution in [-0.4, -0.2) is 43.8 Å². The SMILES string of the molecule is CCCNCC1COCCN1Cc1c(F)cccc1Cl. The molecule has 1 N–H and O–H groups in total. The zero-order chi connectivity index (χ0) is 14.4. The van der Waals surface area contributed by atoms with Crippen molar-refractivity contribution in [3.05, 3.63) is 34.6 Å². The van der Waals surface area contributed by atoms with Gasteiger partial charge in [-0.2, -0.15) is 0 Å². The van der Waals surface area contributed by atoms with Crippen LogP contribution in [0.4, 0.5) is 4.39 Å². The van der Waals surface area contributed by atoms with Crippen molar-refractivity contribution in [2.24, 2.45) is 0 Å². The van der Waals surface area contributed by atoms with Gasteiger partial charge in [-0.1, -0.05) is 24.6 Å². The molecule has 0 radical (unpaired) electrons. The van der Waals surface area contributed by atoms with Crippen LogP contribution >= 0.6 is 11.6 Å². The van der Waals surface area contributed by atoms with Gasteiger partial charge in [-0.05, 0) is 25.1 Å². The van der Waals surface area contributed by atoms with Crippen LogP contribution in [0.2, 0.25) is 5.02 Å². The smallest absolute Gasteiger partial charge is 0.129 e. The van der Waals surface area contributed by atoms with Gasteiger partial charge in [-0.25, -0.2) is 4.39 Å². The van der Waals surface area contributed by atoms with Crippen LogP contribution in [0, 0.1) is 5.82 Å². The lowest BCUT2D eigenvalue weighted by Gasteiger charge is -2.36. The Morgan fingerprint density at radius 3 is 3.10 bits per heavy atom. The molecule has 3 nitrogen and oxygen atoms in total. The average molecular weight is 301 g/mol. The molecule has 5 heteroatoms. The number of nitrogens with one attached hydrogen (secondary N) is 1. The molecule has 0 bridgehead atoms. The maximum atomic E-state index is 13.9. The van der Waals surface area contributed by atoms with Crippen LogP contribution < -0.4 is 5.32 Å². The summed E-state index contributed by atoms with van der Waals surface area (Å²) in [5.74, 6) is -0.232. The number of hydrogen-bond acceptors (Lipinski definition) is 3. The van der Waals surface area contributed by atoms with E-state index in [2.05, 4.69) is 17.1 Å². The fourth-order valence-electron chi connectivity index (χ4n) is 2.42. The van der Waals surface area contributed by atoms with Crippen molar-refractivity contribution in [2.75, 3.05) is 32.8 Å². The van der Waals surface area contributed by atoms with E-state index in [9.17, 15) is 4.39 Å². The maximum absolute atomic E-state index is 13.9. The van der Waals surface area contributed by atoms with Crippen LogP contribution in [0.1, 0.15) is 18.9 Å². The van der Waals surface area contributed by atoms with Gasteiger partial charge in [0.2, 0.25) is 0 Å². The van der Waals surface area contributed by atoms with Crippen molar-refractivity contribution in [1.29, 1.82) is 0 Å². The lowest BCUT2D eigenvalue weighted by Crippen LogP contribution is -2.50. The van der Waals surface area contributed by atoms with Crippen molar-refractivity contribution >= 4 is 11.6 Å². The average Bonchev–Trinajstić information content (AvgIpc) is 2.45. The standard InChI is InChI=1S/C15H22ClFN2O/c1-2-6-18-9-12-11-20-8-7-19(12)10-13-14(16)4-3-5-15(13)17/h3-5,12,18H,2,6-11H2,1H3. The quantitative estimate of drug-likeness (QED) is 0.818. The molecule has 1 aliphatic heterocycles. The van der Waals surface area contributed by atoms with E-state index >= 15 is 0 Å². The molecule has 1 heterocycles. The first kappa shape index (κ1) is 15.7. The number of ether oxygens (including phenoxy) is 1. The van der Waals surface area contributed by atoms with Crippen molar-refractivity contribution < 1.29 is 9.13 Å². The minimum Gasteiger partial charge on any atom is -0.378 e. The third kappa shape index (κ3) is 4.16. The normalized spacial score (nSPS) is 20.2. The Balaban J connectivity index is 2.01. The fourth-order valence-corrected chi connectivity index (χ4v) is 2.64. The molecule has 1 aliphatic rings. The van der Waals surface area contributed by atoms with E-state index in [0.29, 0.717) is 30.3 Å². The van der Waals surface area contributed by atoms with E-state index in [-0.39, 0.29) is 11.9 Å². The summed E-state index contributed by atoms with van der Waals surface area (Å²) in [7, 11) is 0. The summed E-state index contributed by atoms with van der Waals surface area (Å²) in [6, 6.07) is 5.11. The Morgan fingerprint density at radius 1 is 1.50 bits per heavy atom. The molecule has 0 saturated carbocycles. The number of nitrogens with zero attached hydrogens (tertiary/aromatic N) is 1. The molecule has 2 rings (SSSR count). The monoisotopic (exact) mass is 300 g/mol. The van der Waals surface area contributed by atoms with Crippen LogP contribution in [0.3, 0.4) is 0 Å². The third-order valence-corrected chi connectivity index (χ3v) is 3.93. The Kier molecular flexibility index (Phi) is 6.23. The van der Waals surface area contributed by atoms with Crippen molar-refractivity contribution in [2.45, 2.75) is 25.9 Å². The zero-order valence-electron chi connectivity index (χ0n) is 11.9. The summed E-state index contributed by atoms with van der Waals surface area (Å²) < 4.78 is 19.4. The molecule has 0 aliphatic carbocycles. The van der Waals surface area contributed by atoms with E-state index < -0.39 is 0 Å². The van der Waals surface area contributed by atoms with Gasteiger partial charge in [-0.3, -0.25) is 4.90 Å². The number of rotatable bonds is 6. The Labute approximate surface area is 125 Å². The largest absolute Gasteiger partial charge is 0.378 e. The van der Waals surface area contributed by atoms with Crippen LogP contribution in [-0.2, 0) is 11.3 Å². The van der Waals surface area contributed by atoms with E-state index in [0.717, 1.165) is 26.1 Å². The third-order valence-electron chi connectivity index (χ3n) is 3.58. The Bertz CT molecular complexity index is 410. The second kappa shape index (κ2) is 7.93. The molecule has 1 aromatic rings. The van der Waals surface area contributed by atoms with Crippen molar-refractivity contribution in [1.82, 2.24) is 10.2 Å². The lowest BCUT2D eigenvalue weighted by atomic mass is 10.1. The maximum Gasteiger partial charge on any atom is 0.129 e. The van der Waals surface area contributed by atoms with Gasteiger partial charge in [0.1, 0.15) is 5.82 Å². The topological polar surface area (TPSA) is 24.5 Å². The highest BCUT2D eigenvalue weighted by atomic mass is 35.5. The number of halogens is 2. The minimum atomic E-state index is -0.232. The molecule has 1 aromatic carbocycles. The first-order chi connectivity index (χ1) is 9.72. The summed E-state index contributed by atoms with van der Waals surface area (Å²) in [5.41, 5.74) is 0.580. The Hall–Kier alpha value is -0.680. The van der Waals surface area contributed by atoms with Crippen molar-refractivity contribution in [3.8, 4) is 0 Å². The predicted octanol–water partition coefficient (Wildman–Crippen LogP) is 2.68. The molecule has 20 heavy (non-hydrogen) atoms. The minimum absolute atomic E-state index is 0.232. The number of morpholine rings is 1. The summed E-state index contributed by atoms with van der Waals surface area (Å²) in [6.07, 6.45) is 1.10. The first-order valence-electron chi connectivity index (χ1n) is 7.17. The fraction of sp³-hybridized carbons (Fsp3) is 0.600. The van der Waals surface area contributed by atoms with E-state index in [4.69, 9.17) is 16.3 Å². The number of benzene rings is 1. The highest BCUT2D eigenvalue weighted by molar-refractivity contribution is 6.31. The highest BCUT2D eigenvalue weighted by Gasteiger charge is 2.24. The van der Waals surface area contributed by atoms with Gasteiger partial charge in [-0.15, -0.1) is 0 Å². The molecule has 0 spiro atoms. The Morgan fingerprint density at radius 2 is 2.35 bits per heavy atom. The van der Waals surface area contributed by atoms with Gasteiger partial charge < -0.3 is 10.1 Å². The second-order valence-electron chi connectivity index (χ2n) is 5.10. The van der Waals surface area contributed by atoms with Gasteiger partial charge in [0.25, 0.3) is 0 Å². The summed E-state index contributed by atoms with van der Waals surface area (Å²) in [5, 5.41) is 3.90. The van der Waals surface area contributed by atoms with E-state index in [1.54, 1.807) is 12.1 Å². The molecule has 1 unspecified atom stereocenters. The van der Waals surface area contributed by atoms with Crippen LogP contribution in [0.15, 0.2) is 18.2 Å². The molecular weight excluding hydrogens is 279 g/mol. The van der Waals surface area contributed by atoms with Gasteiger partial charge in [0.15, 0.2) is 0 Å². The summed E-state index contributed by atoms with van der Waals surface area (Å²) in [4.78, 5) is 2.25. The molecule has 0 aromatic heterocycles. The van der Waals surface area contributed by atoms with Gasteiger partial charge >= 0.3 is 0 Å². The van der Waals surface area contributed by atoms with Crippen molar-refractivity contribution in [3.63, 3.8) is 0 Å². The summed E-state index contributed by atoms with van der Waals surface area (Å²) >= 11 is 6.11. The highest BCUT2D eigenvalue weighted by Crippen LogP contribution is 2.22. The molecule has 1 fully saturated rings. The first-order valence-corrected chi connectivity index (χ1v) is 7.55. The molecule has 0 amide bonds. The van der Waals surface area contributed by atoms with Gasteiger partial charge in [0, 0.05) is 36.3 Å². The molecule has 1 saturated heterocycles. The zero-order valence-corrected chi connectivity index (χ0v) is 12.6.